The highest BCUT2D eigenvalue weighted by molar-refractivity contribution is 9.11. The standard InChI is InChI=1S/C10H12Br2N2O/c1-14-10(15)9(13)4-6-2-7(11)5-8(12)3-6/h2-3,5,9H,4,13H2,1H3,(H,14,15)/t9-/m0/s1. The van der Waals surface area contributed by atoms with Crippen LogP contribution in [0.15, 0.2) is 27.1 Å². The summed E-state index contributed by atoms with van der Waals surface area (Å²) < 4.78 is 1.94. The Morgan fingerprint density at radius 2 is 1.93 bits per heavy atom. The molecule has 5 heteroatoms. The van der Waals surface area contributed by atoms with Crippen molar-refractivity contribution in [1.82, 2.24) is 5.32 Å². The minimum Gasteiger partial charge on any atom is -0.358 e. The van der Waals surface area contributed by atoms with Crippen molar-refractivity contribution in [3.05, 3.63) is 32.7 Å². The first-order chi connectivity index (χ1) is 7.02. The van der Waals surface area contributed by atoms with E-state index in [1.807, 2.05) is 18.2 Å². The molecule has 3 N–H and O–H groups in total. The lowest BCUT2D eigenvalue weighted by Crippen LogP contribution is -2.40. The number of carbonyl (C=O) groups excluding carboxylic acids is 1. The average Bonchev–Trinajstić information content (AvgIpc) is 2.14. The van der Waals surface area contributed by atoms with Gasteiger partial charge in [0, 0.05) is 16.0 Å². The van der Waals surface area contributed by atoms with Crippen LogP contribution in [0.2, 0.25) is 0 Å². The Balaban J connectivity index is 2.76. The van der Waals surface area contributed by atoms with Crippen molar-refractivity contribution in [1.29, 1.82) is 0 Å². The Labute approximate surface area is 106 Å². The van der Waals surface area contributed by atoms with Gasteiger partial charge < -0.3 is 11.1 Å². The summed E-state index contributed by atoms with van der Waals surface area (Å²) in [6.07, 6.45) is 0.526. The van der Waals surface area contributed by atoms with Gasteiger partial charge in [-0.1, -0.05) is 31.9 Å². The highest BCUT2D eigenvalue weighted by Crippen LogP contribution is 2.20. The summed E-state index contributed by atoms with van der Waals surface area (Å²) in [7, 11) is 1.58. The Morgan fingerprint density at radius 1 is 1.40 bits per heavy atom. The van der Waals surface area contributed by atoms with Crippen LogP contribution < -0.4 is 11.1 Å². The number of nitrogens with one attached hydrogen (secondary N) is 1. The zero-order chi connectivity index (χ0) is 11.4. The molecule has 1 amide bonds. The van der Waals surface area contributed by atoms with Crippen LogP contribution >= 0.6 is 31.9 Å². The van der Waals surface area contributed by atoms with Gasteiger partial charge >= 0.3 is 0 Å². The molecule has 1 aromatic carbocycles. The molecule has 0 fully saturated rings. The number of carbonyl (C=O) groups is 1. The zero-order valence-corrected chi connectivity index (χ0v) is 11.4. The van der Waals surface area contributed by atoms with E-state index in [1.165, 1.54) is 0 Å². The number of benzene rings is 1. The molecule has 0 heterocycles. The minimum atomic E-state index is -0.504. The van der Waals surface area contributed by atoms with Crippen molar-refractivity contribution in [3.8, 4) is 0 Å². The summed E-state index contributed by atoms with van der Waals surface area (Å²) in [5.74, 6) is -0.147. The van der Waals surface area contributed by atoms with Crippen LogP contribution in [-0.4, -0.2) is 19.0 Å². The van der Waals surface area contributed by atoms with Crippen LogP contribution in [0.4, 0.5) is 0 Å². The van der Waals surface area contributed by atoms with Crippen molar-refractivity contribution >= 4 is 37.8 Å². The van der Waals surface area contributed by atoms with E-state index >= 15 is 0 Å². The molecule has 0 unspecified atom stereocenters. The Kier molecular flexibility index (Phi) is 4.76. The predicted molar refractivity (Wildman–Crippen MR) is 67.6 cm³/mol. The van der Waals surface area contributed by atoms with Gasteiger partial charge in [0.25, 0.3) is 0 Å². The molecular formula is C10H12Br2N2O. The zero-order valence-electron chi connectivity index (χ0n) is 8.26. The molecule has 15 heavy (non-hydrogen) atoms. The van der Waals surface area contributed by atoms with Gasteiger partial charge in [0.2, 0.25) is 5.91 Å². The number of nitrogens with two attached hydrogens (primary N) is 1. The SMILES string of the molecule is CNC(=O)[C@@H](N)Cc1cc(Br)cc(Br)c1. The monoisotopic (exact) mass is 334 g/mol. The third-order valence-corrected chi connectivity index (χ3v) is 2.88. The van der Waals surface area contributed by atoms with E-state index < -0.39 is 6.04 Å². The van der Waals surface area contributed by atoms with Crippen LogP contribution in [0.1, 0.15) is 5.56 Å². The lowest BCUT2D eigenvalue weighted by atomic mass is 10.1. The van der Waals surface area contributed by atoms with Crippen LogP contribution in [-0.2, 0) is 11.2 Å². The quantitative estimate of drug-likeness (QED) is 0.885. The largest absolute Gasteiger partial charge is 0.358 e. The Morgan fingerprint density at radius 3 is 2.40 bits per heavy atom. The van der Waals surface area contributed by atoms with Gasteiger partial charge in [0.1, 0.15) is 0 Å². The topological polar surface area (TPSA) is 55.1 Å². The molecule has 0 aliphatic rings. The van der Waals surface area contributed by atoms with Gasteiger partial charge in [-0.15, -0.1) is 0 Å². The molecule has 0 bridgehead atoms. The lowest BCUT2D eigenvalue weighted by molar-refractivity contribution is -0.121. The fraction of sp³-hybridized carbons (Fsp3) is 0.300. The average molecular weight is 336 g/mol. The van der Waals surface area contributed by atoms with Gasteiger partial charge in [-0.3, -0.25) is 4.79 Å². The summed E-state index contributed by atoms with van der Waals surface area (Å²) >= 11 is 6.77. The first-order valence-electron chi connectivity index (χ1n) is 4.45. The van der Waals surface area contributed by atoms with Crippen LogP contribution in [0.25, 0.3) is 0 Å². The highest BCUT2D eigenvalue weighted by Gasteiger charge is 2.12. The second kappa shape index (κ2) is 5.63. The van der Waals surface area contributed by atoms with Gasteiger partial charge in [-0.25, -0.2) is 0 Å². The molecule has 3 nitrogen and oxygen atoms in total. The molecule has 0 aliphatic carbocycles. The van der Waals surface area contributed by atoms with Crippen LogP contribution in [0.3, 0.4) is 0 Å². The van der Waals surface area contributed by atoms with E-state index in [2.05, 4.69) is 37.2 Å². The predicted octanol–water partition coefficient (Wildman–Crippen LogP) is 1.83. The third-order valence-electron chi connectivity index (χ3n) is 1.96. The smallest absolute Gasteiger partial charge is 0.237 e. The van der Waals surface area contributed by atoms with Gasteiger partial charge in [0.15, 0.2) is 0 Å². The number of likely N-dealkylation sites (N-methyl/N-ethyl adjacent to an activating group) is 1. The molecule has 82 valence electrons. The van der Waals surface area contributed by atoms with E-state index in [9.17, 15) is 4.79 Å². The fourth-order valence-corrected chi connectivity index (χ4v) is 2.65. The Bertz CT molecular complexity index is 348. The molecule has 0 radical (unpaired) electrons. The van der Waals surface area contributed by atoms with E-state index in [1.54, 1.807) is 7.05 Å². The van der Waals surface area contributed by atoms with Crippen molar-refractivity contribution < 1.29 is 4.79 Å². The second-order valence-corrected chi connectivity index (χ2v) is 5.03. The number of rotatable bonds is 3. The van der Waals surface area contributed by atoms with Crippen molar-refractivity contribution in [2.75, 3.05) is 7.05 Å². The van der Waals surface area contributed by atoms with Gasteiger partial charge in [-0.2, -0.15) is 0 Å². The lowest BCUT2D eigenvalue weighted by Gasteiger charge is -2.10. The fourth-order valence-electron chi connectivity index (χ4n) is 1.26. The van der Waals surface area contributed by atoms with Crippen LogP contribution in [0.5, 0.6) is 0 Å². The number of hydrogen-bond acceptors (Lipinski definition) is 2. The molecule has 0 saturated carbocycles. The van der Waals surface area contributed by atoms with Crippen molar-refractivity contribution in [2.24, 2.45) is 5.73 Å². The molecule has 1 aromatic rings. The summed E-state index contributed by atoms with van der Waals surface area (Å²) in [5, 5.41) is 2.53. The Hall–Kier alpha value is -0.390. The summed E-state index contributed by atoms with van der Waals surface area (Å²) in [6.45, 7) is 0. The molecule has 0 spiro atoms. The van der Waals surface area contributed by atoms with E-state index in [4.69, 9.17) is 5.73 Å². The molecule has 1 atom stereocenters. The molecule has 1 rings (SSSR count). The van der Waals surface area contributed by atoms with E-state index in [0.29, 0.717) is 6.42 Å². The maximum atomic E-state index is 11.2. The molecule has 0 aliphatic heterocycles. The minimum absolute atomic E-state index is 0.147. The number of halogens is 2. The number of amides is 1. The maximum absolute atomic E-state index is 11.2. The maximum Gasteiger partial charge on any atom is 0.237 e. The van der Waals surface area contributed by atoms with Gasteiger partial charge in [0.05, 0.1) is 6.04 Å². The summed E-state index contributed by atoms with van der Waals surface area (Å²) in [4.78, 5) is 11.2. The second-order valence-electron chi connectivity index (χ2n) is 3.20. The third kappa shape index (κ3) is 3.93. The van der Waals surface area contributed by atoms with Crippen LogP contribution in [0, 0.1) is 0 Å². The van der Waals surface area contributed by atoms with E-state index in [0.717, 1.165) is 14.5 Å². The molecule has 0 saturated heterocycles. The van der Waals surface area contributed by atoms with Gasteiger partial charge in [-0.05, 0) is 30.2 Å². The highest BCUT2D eigenvalue weighted by atomic mass is 79.9. The van der Waals surface area contributed by atoms with Crippen molar-refractivity contribution in [2.45, 2.75) is 12.5 Å². The normalized spacial score (nSPS) is 12.3. The number of hydrogen-bond donors (Lipinski definition) is 2. The summed E-state index contributed by atoms with van der Waals surface area (Å²) in [5.41, 5.74) is 6.74. The first-order valence-corrected chi connectivity index (χ1v) is 6.03. The first kappa shape index (κ1) is 12.7. The van der Waals surface area contributed by atoms with Crippen molar-refractivity contribution in [3.63, 3.8) is 0 Å². The molecule has 0 aromatic heterocycles. The van der Waals surface area contributed by atoms with E-state index in [-0.39, 0.29) is 5.91 Å². The summed E-state index contributed by atoms with van der Waals surface area (Å²) in [6, 6.07) is 5.34. The molecular weight excluding hydrogens is 324 g/mol.